The van der Waals surface area contributed by atoms with Crippen molar-refractivity contribution in [3.8, 4) is 0 Å². The molecule has 18 heavy (non-hydrogen) atoms. The molecule has 0 N–H and O–H groups in total. The number of esters is 1. The van der Waals surface area contributed by atoms with E-state index in [1.54, 1.807) is 20.8 Å². The Morgan fingerprint density at radius 2 is 1.72 bits per heavy atom. The highest BCUT2D eigenvalue weighted by molar-refractivity contribution is 6.22. The van der Waals surface area contributed by atoms with Gasteiger partial charge in [-0.15, -0.1) is 0 Å². The van der Waals surface area contributed by atoms with Crippen LogP contribution in [0, 0.1) is 17.8 Å². The van der Waals surface area contributed by atoms with Crippen molar-refractivity contribution in [3.63, 3.8) is 0 Å². The summed E-state index contributed by atoms with van der Waals surface area (Å²) in [7, 11) is 0. The highest BCUT2D eigenvalue weighted by Crippen LogP contribution is 2.26. The summed E-state index contributed by atoms with van der Waals surface area (Å²) in [6.07, 6.45) is -0.151. The molecular formula is C13H18O5. The van der Waals surface area contributed by atoms with Crippen LogP contribution < -0.4 is 0 Å². The molecule has 5 heteroatoms. The molecule has 0 saturated heterocycles. The summed E-state index contributed by atoms with van der Waals surface area (Å²) < 4.78 is 4.79. The molecule has 5 nitrogen and oxygen atoms in total. The van der Waals surface area contributed by atoms with Gasteiger partial charge in [-0.1, -0.05) is 13.8 Å². The number of ketones is 3. The second-order valence-corrected chi connectivity index (χ2v) is 4.78. The average molecular weight is 254 g/mol. The van der Waals surface area contributed by atoms with Crippen LogP contribution in [0.5, 0.6) is 0 Å². The maximum absolute atomic E-state index is 11.8. The summed E-state index contributed by atoms with van der Waals surface area (Å²) in [5.41, 5.74) is 0. The number of rotatable bonds is 4. The van der Waals surface area contributed by atoms with Crippen LogP contribution in [0.25, 0.3) is 0 Å². The van der Waals surface area contributed by atoms with Crippen LogP contribution in [0.2, 0.25) is 0 Å². The Morgan fingerprint density at radius 1 is 1.22 bits per heavy atom. The molecule has 0 aromatic heterocycles. The molecule has 100 valence electrons. The van der Waals surface area contributed by atoms with Crippen LogP contribution >= 0.6 is 0 Å². The van der Waals surface area contributed by atoms with Gasteiger partial charge in [0.1, 0.15) is 5.92 Å². The molecule has 0 radical (unpaired) electrons. The van der Waals surface area contributed by atoms with Gasteiger partial charge in [-0.05, 0) is 6.92 Å². The zero-order chi connectivity index (χ0) is 13.9. The minimum absolute atomic E-state index is 0.0757. The van der Waals surface area contributed by atoms with Gasteiger partial charge in [-0.25, -0.2) is 0 Å². The molecule has 0 aliphatic heterocycles. The van der Waals surface area contributed by atoms with Crippen molar-refractivity contribution in [2.24, 2.45) is 17.8 Å². The molecule has 1 aliphatic carbocycles. The van der Waals surface area contributed by atoms with Gasteiger partial charge in [0.15, 0.2) is 17.3 Å². The van der Waals surface area contributed by atoms with Crippen molar-refractivity contribution in [2.75, 3.05) is 6.61 Å². The first-order chi connectivity index (χ1) is 8.38. The molecule has 0 bridgehead atoms. The lowest BCUT2D eigenvalue weighted by molar-refractivity contribution is -0.156. The summed E-state index contributed by atoms with van der Waals surface area (Å²) in [4.78, 5) is 46.9. The van der Waals surface area contributed by atoms with Crippen LogP contribution in [0.3, 0.4) is 0 Å². The monoisotopic (exact) mass is 254 g/mol. The van der Waals surface area contributed by atoms with E-state index in [1.807, 2.05) is 0 Å². The van der Waals surface area contributed by atoms with E-state index in [0.717, 1.165) is 0 Å². The Kier molecular flexibility index (Phi) is 4.76. The Labute approximate surface area is 106 Å². The lowest BCUT2D eigenvalue weighted by atomic mass is 9.76. The molecule has 0 atom stereocenters. The molecule has 0 aromatic carbocycles. The molecule has 0 heterocycles. The van der Waals surface area contributed by atoms with Gasteiger partial charge in [-0.2, -0.15) is 0 Å². The molecule has 1 fully saturated rings. The lowest BCUT2D eigenvalue weighted by Gasteiger charge is -2.25. The van der Waals surface area contributed by atoms with Crippen molar-refractivity contribution in [1.82, 2.24) is 0 Å². The van der Waals surface area contributed by atoms with E-state index >= 15 is 0 Å². The smallest absolute Gasteiger partial charge is 0.309 e. The predicted molar refractivity (Wildman–Crippen MR) is 62.7 cm³/mol. The van der Waals surface area contributed by atoms with E-state index < -0.39 is 29.4 Å². The largest absolute Gasteiger partial charge is 0.466 e. The SMILES string of the molecule is CCOC(=O)C1CC(=O)C(C(=O)C(C)C)C(=O)C1. The molecular weight excluding hydrogens is 236 g/mol. The van der Waals surface area contributed by atoms with E-state index in [-0.39, 0.29) is 31.1 Å². The third kappa shape index (κ3) is 3.03. The Balaban J connectivity index is 2.78. The number of ether oxygens (including phenoxy) is 1. The van der Waals surface area contributed by atoms with Crippen molar-refractivity contribution in [1.29, 1.82) is 0 Å². The fourth-order valence-electron chi connectivity index (χ4n) is 2.05. The van der Waals surface area contributed by atoms with Crippen LogP contribution in [-0.2, 0) is 23.9 Å². The van der Waals surface area contributed by atoms with Crippen molar-refractivity contribution < 1.29 is 23.9 Å². The molecule has 0 unspecified atom stereocenters. The van der Waals surface area contributed by atoms with Gasteiger partial charge in [0.05, 0.1) is 12.5 Å². The van der Waals surface area contributed by atoms with Crippen LogP contribution in [0.1, 0.15) is 33.6 Å². The first-order valence-electron chi connectivity index (χ1n) is 6.14. The predicted octanol–water partition coefficient (Wildman–Crippen LogP) is 0.939. The lowest BCUT2D eigenvalue weighted by Crippen LogP contribution is -2.42. The van der Waals surface area contributed by atoms with Gasteiger partial charge in [0, 0.05) is 18.8 Å². The average Bonchev–Trinajstić information content (AvgIpc) is 2.27. The molecule has 1 rings (SSSR count). The minimum Gasteiger partial charge on any atom is -0.466 e. The number of hydrogen-bond acceptors (Lipinski definition) is 5. The molecule has 1 saturated carbocycles. The van der Waals surface area contributed by atoms with E-state index in [9.17, 15) is 19.2 Å². The van der Waals surface area contributed by atoms with Crippen molar-refractivity contribution >= 4 is 23.3 Å². The van der Waals surface area contributed by atoms with Gasteiger partial charge >= 0.3 is 5.97 Å². The first-order valence-corrected chi connectivity index (χ1v) is 6.14. The van der Waals surface area contributed by atoms with E-state index in [4.69, 9.17) is 4.74 Å². The van der Waals surface area contributed by atoms with E-state index in [1.165, 1.54) is 0 Å². The highest BCUT2D eigenvalue weighted by Gasteiger charge is 2.43. The Morgan fingerprint density at radius 3 is 2.11 bits per heavy atom. The van der Waals surface area contributed by atoms with Gasteiger partial charge in [0.2, 0.25) is 0 Å². The Hall–Kier alpha value is -1.52. The van der Waals surface area contributed by atoms with E-state index in [0.29, 0.717) is 0 Å². The number of carbonyl (C=O) groups excluding carboxylic acids is 4. The molecule has 0 aromatic rings. The second kappa shape index (κ2) is 5.89. The van der Waals surface area contributed by atoms with Gasteiger partial charge in [0.25, 0.3) is 0 Å². The third-order valence-electron chi connectivity index (χ3n) is 3.01. The third-order valence-corrected chi connectivity index (χ3v) is 3.01. The quantitative estimate of drug-likeness (QED) is 0.551. The Bertz CT molecular complexity index is 365. The summed E-state index contributed by atoms with van der Waals surface area (Å²) >= 11 is 0. The molecule has 0 spiro atoms. The number of Topliss-reactive ketones (excluding diaryl/α,β-unsaturated/α-hetero) is 3. The summed E-state index contributed by atoms with van der Waals surface area (Å²) in [5.74, 6) is -4.05. The zero-order valence-electron chi connectivity index (χ0n) is 10.9. The first kappa shape index (κ1) is 14.5. The number of hydrogen-bond donors (Lipinski definition) is 0. The highest BCUT2D eigenvalue weighted by atomic mass is 16.5. The van der Waals surface area contributed by atoms with Crippen molar-refractivity contribution in [3.05, 3.63) is 0 Å². The molecule has 1 aliphatic rings. The van der Waals surface area contributed by atoms with Gasteiger partial charge in [-0.3, -0.25) is 19.2 Å². The fourth-order valence-corrected chi connectivity index (χ4v) is 2.05. The number of carbonyl (C=O) groups is 4. The zero-order valence-corrected chi connectivity index (χ0v) is 10.9. The fraction of sp³-hybridized carbons (Fsp3) is 0.692. The van der Waals surface area contributed by atoms with Gasteiger partial charge < -0.3 is 4.74 Å². The summed E-state index contributed by atoms with van der Waals surface area (Å²) in [5, 5.41) is 0. The molecule has 0 amide bonds. The maximum atomic E-state index is 11.8. The normalized spacial score (nSPS) is 24.2. The van der Waals surface area contributed by atoms with Crippen molar-refractivity contribution in [2.45, 2.75) is 33.6 Å². The minimum atomic E-state index is -1.17. The standard InChI is InChI=1S/C13H18O5/c1-4-18-13(17)8-5-9(14)11(10(15)6-8)12(16)7(2)3/h7-8,11H,4-6H2,1-3H3. The van der Waals surface area contributed by atoms with Crippen LogP contribution in [0.15, 0.2) is 0 Å². The van der Waals surface area contributed by atoms with Crippen LogP contribution in [-0.4, -0.2) is 29.9 Å². The van der Waals surface area contributed by atoms with E-state index in [2.05, 4.69) is 0 Å². The topological polar surface area (TPSA) is 77.5 Å². The van der Waals surface area contributed by atoms with Crippen LogP contribution in [0.4, 0.5) is 0 Å². The second-order valence-electron chi connectivity index (χ2n) is 4.78. The maximum Gasteiger partial charge on any atom is 0.309 e. The summed E-state index contributed by atoms with van der Waals surface area (Å²) in [6.45, 7) is 5.18. The summed E-state index contributed by atoms with van der Waals surface area (Å²) in [6, 6.07) is 0.